The number of rotatable bonds is 9. The van der Waals surface area contributed by atoms with Crippen molar-refractivity contribution in [1.82, 2.24) is 0 Å². The fourth-order valence-corrected chi connectivity index (χ4v) is 2.01. The number of carboxylic acids is 1. The highest BCUT2D eigenvalue weighted by Gasteiger charge is 2.31. The van der Waals surface area contributed by atoms with Crippen LogP contribution in [-0.2, 0) is 9.59 Å². The van der Waals surface area contributed by atoms with Crippen LogP contribution >= 0.6 is 0 Å². The summed E-state index contributed by atoms with van der Waals surface area (Å²) in [5.74, 6) is -1.21. The minimum atomic E-state index is -1.92. The third-order valence-electron chi connectivity index (χ3n) is 4.21. The summed E-state index contributed by atoms with van der Waals surface area (Å²) in [5, 5.41) is 53.4. The molecule has 0 heterocycles. The Kier molecular flexibility index (Phi) is 9.99. The first kappa shape index (κ1) is 27.1. The number of hydrogen-bond acceptors (Lipinski definition) is 9. The van der Waals surface area contributed by atoms with Crippen LogP contribution < -0.4 is 9.47 Å². The Morgan fingerprint density at radius 2 is 1.18 bits per heavy atom. The van der Waals surface area contributed by atoms with Gasteiger partial charge in [-0.3, -0.25) is 4.79 Å². The second kappa shape index (κ2) is 12.2. The van der Waals surface area contributed by atoms with E-state index in [1.54, 1.807) is 36.4 Å². The first-order chi connectivity index (χ1) is 15.4. The summed E-state index contributed by atoms with van der Waals surface area (Å²) in [6, 6.07) is 16.3. The summed E-state index contributed by atoms with van der Waals surface area (Å²) in [6.45, 7) is 1.09. The van der Waals surface area contributed by atoms with Crippen LogP contribution in [0.2, 0.25) is 0 Å². The zero-order chi connectivity index (χ0) is 25.1. The molecule has 0 spiro atoms. The van der Waals surface area contributed by atoms with Crippen molar-refractivity contribution in [2.24, 2.45) is 0 Å². The van der Waals surface area contributed by atoms with E-state index in [0.717, 1.165) is 6.92 Å². The Morgan fingerprint density at radius 3 is 1.48 bits per heavy atom. The van der Waals surface area contributed by atoms with Crippen molar-refractivity contribution in [1.29, 1.82) is 10.5 Å². The maximum Gasteiger partial charge on any atom is 0.339 e. The predicted molar refractivity (Wildman–Crippen MR) is 114 cm³/mol. The number of hydrogen-bond donors (Lipinski definition) is 4. The van der Waals surface area contributed by atoms with Crippen molar-refractivity contribution < 1.29 is 39.5 Å². The number of ether oxygens (including phenoxy) is 2. The molecule has 2 rings (SSSR count). The number of benzene rings is 2. The number of aliphatic carboxylic acids is 1. The molecule has 10 heteroatoms. The highest BCUT2D eigenvalue weighted by molar-refractivity contribution is 5.87. The molecule has 33 heavy (non-hydrogen) atoms. The molecule has 0 saturated heterocycles. The first-order valence-corrected chi connectivity index (χ1v) is 9.53. The quantitative estimate of drug-likeness (QED) is 0.425. The molecule has 0 aliphatic rings. The Hall–Kier alpha value is -3.96. The third-order valence-corrected chi connectivity index (χ3v) is 4.21. The summed E-state index contributed by atoms with van der Waals surface area (Å²) >= 11 is 0. The van der Waals surface area contributed by atoms with Crippen LogP contribution in [0.5, 0.6) is 11.5 Å². The second-order valence-corrected chi connectivity index (χ2v) is 7.28. The van der Waals surface area contributed by atoms with Gasteiger partial charge in [-0.25, -0.2) is 4.79 Å². The van der Waals surface area contributed by atoms with Crippen LogP contribution in [0.25, 0.3) is 0 Å². The van der Waals surface area contributed by atoms with Gasteiger partial charge in [0.2, 0.25) is 0 Å². The molecule has 0 aliphatic carbocycles. The molecule has 2 aromatic carbocycles. The smallest absolute Gasteiger partial charge is 0.339 e. The van der Waals surface area contributed by atoms with Crippen LogP contribution in [0.15, 0.2) is 48.5 Å². The highest BCUT2D eigenvalue weighted by atomic mass is 16.5. The van der Waals surface area contributed by atoms with Gasteiger partial charge in [-0.1, -0.05) is 0 Å². The molecule has 0 unspecified atom stereocenters. The van der Waals surface area contributed by atoms with Gasteiger partial charge < -0.3 is 29.9 Å². The van der Waals surface area contributed by atoms with Gasteiger partial charge in [0.15, 0.2) is 17.0 Å². The highest BCUT2D eigenvalue weighted by Crippen LogP contribution is 2.15. The largest absolute Gasteiger partial charge is 0.490 e. The fraction of sp³-hybridized carbons (Fsp3) is 0.304. The van der Waals surface area contributed by atoms with Crippen molar-refractivity contribution in [3.8, 4) is 23.6 Å². The molecule has 174 valence electrons. The van der Waals surface area contributed by atoms with E-state index in [9.17, 15) is 19.8 Å². The van der Waals surface area contributed by atoms with Crippen LogP contribution in [0.1, 0.15) is 25.0 Å². The second-order valence-electron chi connectivity index (χ2n) is 7.28. The zero-order valence-electron chi connectivity index (χ0n) is 18.1. The number of ketones is 1. The Labute approximate surface area is 190 Å². The normalized spacial score (nSPS) is 13.5. The molecule has 0 fully saturated rings. The summed E-state index contributed by atoms with van der Waals surface area (Å²) in [6.07, 6.45) is 0. The van der Waals surface area contributed by atoms with E-state index >= 15 is 0 Å². The number of Topliss-reactive ketones (excluding diaryl/α,β-unsaturated/α-hetero) is 1. The van der Waals surface area contributed by atoms with Gasteiger partial charge in [-0.15, -0.1) is 0 Å². The molecular weight excluding hydrogens is 432 g/mol. The standard InChI is InChI=1S/C12H13NO4.C11H11NO4/c1-12(16,11(15)7-14)8-17-10-4-2-9(6-13)3-5-10;1-11(15,10(13)14)7-16-9-4-2-8(6-12)3-5-9/h2-5,14,16H,7-8H2,1H3;2-5,15H,7H2,1H3,(H,13,14)/t12-;11-/m00/s1. The maximum absolute atomic E-state index is 11.1. The van der Waals surface area contributed by atoms with Crippen molar-refractivity contribution in [2.75, 3.05) is 19.8 Å². The molecule has 10 nitrogen and oxygen atoms in total. The van der Waals surface area contributed by atoms with E-state index in [1.807, 2.05) is 12.1 Å². The monoisotopic (exact) mass is 456 g/mol. The van der Waals surface area contributed by atoms with Crippen molar-refractivity contribution >= 4 is 11.8 Å². The van der Waals surface area contributed by atoms with Gasteiger partial charge in [0.1, 0.15) is 31.3 Å². The van der Waals surface area contributed by atoms with Gasteiger partial charge in [0, 0.05) is 0 Å². The van der Waals surface area contributed by atoms with Crippen molar-refractivity contribution in [2.45, 2.75) is 25.0 Å². The van der Waals surface area contributed by atoms with E-state index < -0.39 is 29.6 Å². The third kappa shape index (κ3) is 8.97. The Bertz CT molecular complexity index is 1020. The molecule has 2 aromatic rings. The lowest BCUT2D eigenvalue weighted by Gasteiger charge is -2.20. The van der Waals surface area contributed by atoms with Crippen molar-refractivity contribution in [3.05, 3.63) is 59.7 Å². The zero-order valence-corrected chi connectivity index (χ0v) is 18.1. The SMILES string of the molecule is C[C@](O)(COc1ccc(C#N)cc1)C(=O)CO.C[C@](O)(COc1ccc(C#N)cc1)C(=O)O. The number of nitrogens with zero attached hydrogens (tertiary/aromatic N) is 2. The molecule has 0 bridgehead atoms. The number of aliphatic hydroxyl groups excluding tert-OH is 1. The molecule has 0 aliphatic heterocycles. The summed E-state index contributed by atoms with van der Waals surface area (Å²) in [7, 11) is 0. The first-order valence-electron chi connectivity index (χ1n) is 9.53. The van der Waals surface area contributed by atoms with Crippen LogP contribution in [0.4, 0.5) is 0 Å². The number of nitriles is 2. The number of carbonyl (C=O) groups excluding carboxylic acids is 1. The van der Waals surface area contributed by atoms with Gasteiger partial charge in [0.25, 0.3) is 0 Å². The predicted octanol–water partition coefficient (Wildman–Crippen LogP) is 1.02. The number of carboxylic acid groups (broad SMARTS) is 1. The Balaban J connectivity index is 0.000000331. The average Bonchev–Trinajstić information content (AvgIpc) is 2.82. The average molecular weight is 456 g/mol. The number of carbonyl (C=O) groups is 2. The van der Waals surface area contributed by atoms with E-state index in [2.05, 4.69) is 0 Å². The van der Waals surface area contributed by atoms with Crippen molar-refractivity contribution in [3.63, 3.8) is 0 Å². The van der Waals surface area contributed by atoms with Crippen LogP contribution in [0, 0.1) is 22.7 Å². The minimum Gasteiger partial charge on any atom is -0.490 e. The molecule has 2 atom stereocenters. The minimum absolute atomic E-state index is 0.252. The lowest BCUT2D eigenvalue weighted by molar-refractivity contribution is -0.159. The topological polar surface area (TPSA) is 181 Å². The molecule has 4 N–H and O–H groups in total. The van der Waals surface area contributed by atoms with Gasteiger partial charge in [0.05, 0.1) is 23.3 Å². The number of aliphatic hydroxyl groups is 3. The summed E-state index contributed by atoms with van der Waals surface area (Å²) in [5.41, 5.74) is -2.66. The molecule has 0 radical (unpaired) electrons. The lowest BCUT2D eigenvalue weighted by Crippen LogP contribution is -2.43. The summed E-state index contributed by atoms with van der Waals surface area (Å²) < 4.78 is 10.3. The summed E-state index contributed by atoms with van der Waals surface area (Å²) in [4.78, 5) is 21.7. The van der Waals surface area contributed by atoms with E-state index in [4.69, 9.17) is 30.2 Å². The molecule has 0 aromatic heterocycles. The fourth-order valence-electron chi connectivity index (χ4n) is 2.01. The van der Waals surface area contributed by atoms with Crippen LogP contribution in [-0.4, -0.2) is 63.2 Å². The Morgan fingerprint density at radius 1 is 0.818 bits per heavy atom. The van der Waals surface area contributed by atoms with E-state index in [0.29, 0.717) is 22.6 Å². The van der Waals surface area contributed by atoms with Gasteiger partial charge >= 0.3 is 5.97 Å². The molecular formula is C23H24N2O8. The maximum atomic E-state index is 11.1. The molecule has 0 saturated carbocycles. The lowest BCUT2D eigenvalue weighted by atomic mass is 10.0. The van der Waals surface area contributed by atoms with E-state index in [-0.39, 0.29) is 13.2 Å². The van der Waals surface area contributed by atoms with Gasteiger partial charge in [-0.2, -0.15) is 10.5 Å². The molecule has 0 amide bonds. The van der Waals surface area contributed by atoms with Crippen LogP contribution in [0.3, 0.4) is 0 Å². The van der Waals surface area contributed by atoms with E-state index in [1.165, 1.54) is 19.1 Å². The van der Waals surface area contributed by atoms with Gasteiger partial charge in [-0.05, 0) is 62.4 Å².